The molecule has 0 radical (unpaired) electrons. The summed E-state index contributed by atoms with van der Waals surface area (Å²) in [5.74, 6) is 2.56. The van der Waals surface area contributed by atoms with Gasteiger partial charge in [0.2, 0.25) is 0 Å². The van der Waals surface area contributed by atoms with Crippen molar-refractivity contribution >= 4 is 0 Å². The summed E-state index contributed by atoms with van der Waals surface area (Å²) in [6.45, 7) is 7.20. The Morgan fingerprint density at radius 3 is 2.75 bits per heavy atom. The Morgan fingerprint density at radius 1 is 1.58 bits per heavy atom. The number of rotatable bonds is 6. The van der Waals surface area contributed by atoms with Gasteiger partial charge in [-0.3, -0.25) is 0 Å². The van der Waals surface area contributed by atoms with Crippen LogP contribution < -0.4 is 5.32 Å². The fourth-order valence-corrected chi connectivity index (χ4v) is 1.08. The molecule has 0 bridgehead atoms. The van der Waals surface area contributed by atoms with Gasteiger partial charge in [0.05, 0.1) is 6.54 Å². The molecule has 0 aliphatic heterocycles. The minimum Gasteiger partial charge on any atom is -0.305 e. The van der Waals surface area contributed by atoms with Gasteiger partial charge in [-0.05, 0) is 26.9 Å². The molecule has 0 spiro atoms. The normalized spacial score (nSPS) is 12.9. The van der Waals surface area contributed by atoms with Crippen molar-refractivity contribution in [3.63, 3.8) is 0 Å². The van der Waals surface area contributed by atoms with Gasteiger partial charge < -0.3 is 10.2 Å². The van der Waals surface area contributed by atoms with Crippen LogP contribution >= 0.6 is 0 Å². The summed E-state index contributed by atoms with van der Waals surface area (Å²) in [6.07, 6.45) is 6.33. The smallest absolute Gasteiger partial charge is 0.0574 e. The first-order valence-electron chi connectivity index (χ1n) is 4.56. The van der Waals surface area contributed by atoms with Crippen LogP contribution in [-0.4, -0.2) is 37.6 Å². The molecule has 0 aliphatic carbocycles. The molecule has 0 aromatic carbocycles. The highest BCUT2D eigenvalue weighted by molar-refractivity contribution is 4.87. The lowest BCUT2D eigenvalue weighted by Crippen LogP contribution is -2.38. The molecule has 0 amide bonds. The largest absolute Gasteiger partial charge is 0.305 e. The van der Waals surface area contributed by atoms with Crippen LogP contribution in [0.15, 0.2) is 0 Å². The van der Waals surface area contributed by atoms with Crippen molar-refractivity contribution in [2.75, 3.05) is 26.7 Å². The predicted molar refractivity (Wildman–Crippen MR) is 54.1 cm³/mol. The number of hydrogen-bond acceptors (Lipinski definition) is 2. The molecule has 1 atom stereocenters. The van der Waals surface area contributed by atoms with Crippen LogP contribution in [0.2, 0.25) is 0 Å². The highest BCUT2D eigenvalue weighted by Gasteiger charge is 2.05. The second-order valence-electron chi connectivity index (χ2n) is 3.16. The van der Waals surface area contributed by atoms with Crippen molar-refractivity contribution in [3.05, 3.63) is 0 Å². The molecule has 12 heavy (non-hydrogen) atoms. The Kier molecular flexibility index (Phi) is 6.84. The monoisotopic (exact) mass is 168 g/mol. The molecule has 0 aromatic heterocycles. The molecule has 70 valence electrons. The summed E-state index contributed by atoms with van der Waals surface area (Å²) in [7, 11) is 2.14. The average molecular weight is 168 g/mol. The van der Waals surface area contributed by atoms with Gasteiger partial charge in [-0.25, -0.2) is 0 Å². The van der Waals surface area contributed by atoms with Gasteiger partial charge in [0.25, 0.3) is 0 Å². The second-order valence-corrected chi connectivity index (χ2v) is 3.16. The van der Waals surface area contributed by atoms with E-state index in [4.69, 9.17) is 6.42 Å². The van der Waals surface area contributed by atoms with E-state index in [-0.39, 0.29) is 0 Å². The van der Waals surface area contributed by atoms with Crippen LogP contribution in [0.5, 0.6) is 0 Å². The SMILES string of the molecule is C#CCNCC(C)N(C)CCC. The summed E-state index contributed by atoms with van der Waals surface area (Å²) in [5.41, 5.74) is 0. The van der Waals surface area contributed by atoms with Crippen molar-refractivity contribution < 1.29 is 0 Å². The van der Waals surface area contributed by atoms with Crippen molar-refractivity contribution in [3.8, 4) is 12.3 Å². The van der Waals surface area contributed by atoms with E-state index in [1.54, 1.807) is 0 Å². The van der Waals surface area contributed by atoms with Gasteiger partial charge >= 0.3 is 0 Å². The molecule has 0 heterocycles. The maximum absolute atomic E-state index is 5.12. The van der Waals surface area contributed by atoms with E-state index in [1.165, 1.54) is 6.42 Å². The molecule has 2 heteroatoms. The lowest BCUT2D eigenvalue weighted by molar-refractivity contribution is 0.253. The fourth-order valence-electron chi connectivity index (χ4n) is 1.08. The van der Waals surface area contributed by atoms with Crippen LogP contribution in [-0.2, 0) is 0 Å². The Hall–Kier alpha value is -0.520. The minimum absolute atomic E-state index is 0.568. The van der Waals surface area contributed by atoms with Crippen molar-refractivity contribution in [2.24, 2.45) is 0 Å². The third-order valence-electron chi connectivity index (χ3n) is 2.00. The van der Waals surface area contributed by atoms with Gasteiger partial charge in [-0.15, -0.1) is 6.42 Å². The molecule has 0 aliphatic rings. The molecular weight excluding hydrogens is 148 g/mol. The highest BCUT2D eigenvalue weighted by atomic mass is 15.1. The molecule has 0 rings (SSSR count). The van der Waals surface area contributed by atoms with E-state index in [0.717, 1.165) is 13.1 Å². The van der Waals surface area contributed by atoms with E-state index >= 15 is 0 Å². The van der Waals surface area contributed by atoms with Crippen LogP contribution in [0.4, 0.5) is 0 Å². The predicted octanol–water partition coefficient (Wildman–Crippen LogP) is 0.940. The molecule has 0 fully saturated rings. The average Bonchev–Trinajstić information content (AvgIpc) is 2.05. The van der Waals surface area contributed by atoms with Gasteiger partial charge in [-0.2, -0.15) is 0 Å². The number of terminal acetylenes is 1. The Labute approximate surface area is 76.3 Å². The van der Waals surface area contributed by atoms with Gasteiger partial charge in [0.1, 0.15) is 0 Å². The highest BCUT2D eigenvalue weighted by Crippen LogP contribution is 1.94. The first-order valence-corrected chi connectivity index (χ1v) is 4.56. The maximum Gasteiger partial charge on any atom is 0.0574 e. The summed E-state index contributed by atoms with van der Waals surface area (Å²) in [6, 6.07) is 0.568. The van der Waals surface area contributed by atoms with Crippen LogP contribution in [0.25, 0.3) is 0 Å². The van der Waals surface area contributed by atoms with E-state index in [1.807, 2.05) is 0 Å². The first-order chi connectivity index (χ1) is 5.72. The van der Waals surface area contributed by atoms with Crippen LogP contribution in [0.1, 0.15) is 20.3 Å². The number of nitrogens with zero attached hydrogens (tertiary/aromatic N) is 1. The molecular formula is C10H20N2. The van der Waals surface area contributed by atoms with E-state index in [0.29, 0.717) is 12.6 Å². The molecule has 0 saturated carbocycles. The zero-order chi connectivity index (χ0) is 9.40. The number of nitrogens with one attached hydrogen (secondary N) is 1. The Morgan fingerprint density at radius 2 is 2.25 bits per heavy atom. The van der Waals surface area contributed by atoms with E-state index < -0.39 is 0 Å². The number of likely N-dealkylation sites (N-methyl/N-ethyl adjacent to an activating group) is 1. The third kappa shape index (κ3) is 5.17. The van der Waals surface area contributed by atoms with E-state index in [2.05, 4.69) is 37.0 Å². The first kappa shape index (κ1) is 11.5. The maximum atomic E-state index is 5.12. The minimum atomic E-state index is 0.568. The van der Waals surface area contributed by atoms with Gasteiger partial charge in [0, 0.05) is 12.6 Å². The van der Waals surface area contributed by atoms with Gasteiger partial charge in [0.15, 0.2) is 0 Å². The molecule has 0 aromatic rings. The Bertz CT molecular complexity index is 137. The fraction of sp³-hybridized carbons (Fsp3) is 0.800. The topological polar surface area (TPSA) is 15.3 Å². The van der Waals surface area contributed by atoms with Gasteiger partial charge in [-0.1, -0.05) is 12.8 Å². The lowest BCUT2D eigenvalue weighted by Gasteiger charge is -2.23. The summed E-state index contributed by atoms with van der Waals surface area (Å²) >= 11 is 0. The molecule has 2 nitrogen and oxygen atoms in total. The molecule has 1 N–H and O–H groups in total. The van der Waals surface area contributed by atoms with Crippen LogP contribution in [0, 0.1) is 12.3 Å². The molecule has 1 unspecified atom stereocenters. The molecule has 0 saturated heterocycles. The van der Waals surface area contributed by atoms with Crippen LogP contribution in [0.3, 0.4) is 0 Å². The Balaban J connectivity index is 3.43. The third-order valence-corrected chi connectivity index (χ3v) is 2.00. The summed E-state index contributed by atoms with van der Waals surface area (Å²) in [4.78, 5) is 2.34. The zero-order valence-corrected chi connectivity index (χ0v) is 8.43. The quantitative estimate of drug-likeness (QED) is 0.469. The standard InChI is InChI=1S/C10H20N2/c1-5-7-11-9-10(3)12(4)8-6-2/h1,10-11H,6-9H2,2-4H3. The summed E-state index contributed by atoms with van der Waals surface area (Å²) < 4.78 is 0. The van der Waals surface area contributed by atoms with Crippen molar-refractivity contribution in [2.45, 2.75) is 26.3 Å². The second kappa shape index (κ2) is 7.15. The van der Waals surface area contributed by atoms with Crippen molar-refractivity contribution in [1.29, 1.82) is 0 Å². The summed E-state index contributed by atoms with van der Waals surface area (Å²) in [5, 5.41) is 3.20. The van der Waals surface area contributed by atoms with Crippen molar-refractivity contribution in [1.82, 2.24) is 10.2 Å². The lowest BCUT2D eigenvalue weighted by atomic mass is 10.3. The van der Waals surface area contributed by atoms with E-state index in [9.17, 15) is 0 Å². The zero-order valence-electron chi connectivity index (χ0n) is 8.43. The number of hydrogen-bond donors (Lipinski definition) is 1.